The fourth-order valence-electron chi connectivity index (χ4n) is 2.33. The number of benzene rings is 1. The molecular formula is C20H24FN3O2. The fourth-order valence-corrected chi connectivity index (χ4v) is 2.33. The van der Waals surface area contributed by atoms with E-state index in [1.54, 1.807) is 18.2 Å². The second kappa shape index (κ2) is 9.65. The minimum atomic E-state index is -0.286. The molecule has 0 aliphatic heterocycles. The Bertz CT molecular complexity index is 745. The van der Waals surface area contributed by atoms with Crippen molar-refractivity contribution in [3.63, 3.8) is 0 Å². The van der Waals surface area contributed by atoms with Crippen LogP contribution in [-0.2, 0) is 6.42 Å². The summed E-state index contributed by atoms with van der Waals surface area (Å²) in [5.74, 6) is -0.340. The fraction of sp³-hybridized carbons (Fsp3) is 0.350. The number of rotatable bonds is 8. The van der Waals surface area contributed by atoms with Crippen LogP contribution in [-0.4, -0.2) is 29.9 Å². The number of carbonyl (C=O) groups excluding carboxylic acids is 2. The lowest BCUT2D eigenvalue weighted by atomic mass is 10.1. The SMILES string of the molecule is CC(C)CCNC(=O)c1cc(C(=O)NCCc2ccc(F)cc2)ccn1. The van der Waals surface area contributed by atoms with Gasteiger partial charge in [0.2, 0.25) is 0 Å². The molecule has 0 atom stereocenters. The molecule has 0 spiro atoms. The summed E-state index contributed by atoms with van der Waals surface area (Å²) in [5.41, 5.74) is 1.54. The van der Waals surface area contributed by atoms with Gasteiger partial charge in [0, 0.05) is 24.8 Å². The lowest BCUT2D eigenvalue weighted by molar-refractivity contribution is 0.0947. The van der Waals surface area contributed by atoms with Gasteiger partial charge in [0.05, 0.1) is 0 Å². The first-order valence-corrected chi connectivity index (χ1v) is 8.72. The zero-order chi connectivity index (χ0) is 18.9. The summed E-state index contributed by atoms with van der Waals surface area (Å²) < 4.78 is 12.9. The van der Waals surface area contributed by atoms with E-state index in [0.29, 0.717) is 31.0 Å². The maximum absolute atomic E-state index is 12.9. The number of amides is 2. The summed E-state index contributed by atoms with van der Waals surface area (Å²) in [6.07, 6.45) is 2.93. The van der Waals surface area contributed by atoms with E-state index in [1.165, 1.54) is 24.4 Å². The number of hydrogen-bond donors (Lipinski definition) is 2. The van der Waals surface area contributed by atoms with E-state index in [-0.39, 0.29) is 23.3 Å². The first kappa shape index (κ1) is 19.6. The molecule has 1 aromatic heterocycles. The predicted molar refractivity (Wildman–Crippen MR) is 98.5 cm³/mol. The van der Waals surface area contributed by atoms with Crippen molar-refractivity contribution < 1.29 is 14.0 Å². The lowest BCUT2D eigenvalue weighted by Crippen LogP contribution is -2.28. The van der Waals surface area contributed by atoms with E-state index < -0.39 is 0 Å². The topological polar surface area (TPSA) is 71.1 Å². The minimum absolute atomic E-state index is 0.222. The molecule has 1 heterocycles. The van der Waals surface area contributed by atoms with E-state index in [1.807, 2.05) is 0 Å². The van der Waals surface area contributed by atoms with Crippen molar-refractivity contribution in [2.24, 2.45) is 5.92 Å². The Morgan fingerprint density at radius 1 is 1.04 bits per heavy atom. The normalized spacial score (nSPS) is 10.6. The highest BCUT2D eigenvalue weighted by molar-refractivity contribution is 5.98. The zero-order valence-corrected chi connectivity index (χ0v) is 15.1. The molecule has 2 amide bonds. The van der Waals surface area contributed by atoms with Crippen LogP contribution >= 0.6 is 0 Å². The largest absolute Gasteiger partial charge is 0.352 e. The smallest absolute Gasteiger partial charge is 0.269 e. The number of nitrogens with one attached hydrogen (secondary N) is 2. The highest BCUT2D eigenvalue weighted by atomic mass is 19.1. The summed E-state index contributed by atoms with van der Waals surface area (Å²) in [7, 11) is 0. The number of carbonyl (C=O) groups is 2. The highest BCUT2D eigenvalue weighted by Crippen LogP contribution is 2.05. The molecule has 5 nitrogen and oxygen atoms in total. The third kappa shape index (κ3) is 6.27. The summed E-state index contributed by atoms with van der Waals surface area (Å²) >= 11 is 0. The Balaban J connectivity index is 1.86. The Morgan fingerprint density at radius 2 is 1.73 bits per heavy atom. The molecule has 2 aromatic rings. The summed E-state index contributed by atoms with van der Waals surface area (Å²) in [4.78, 5) is 28.4. The molecule has 0 aliphatic carbocycles. The van der Waals surface area contributed by atoms with E-state index >= 15 is 0 Å². The van der Waals surface area contributed by atoms with E-state index in [0.717, 1.165) is 12.0 Å². The first-order chi connectivity index (χ1) is 12.5. The number of pyridine rings is 1. The molecule has 0 fully saturated rings. The number of aromatic nitrogens is 1. The van der Waals surface area contributed by atoms with Gasteiger partial charge in [0.15, 0.2) is 0 Å². The molecule has 0 saturated heterocycles. The van der Waals surface area contributed by atoms with Crippen molar-refractivity contribution in [1.29, 1.82) is 0 Å². The van der Waals surface area contributed by atoms with Gasteiger partial charge in [-0.3, -0.25) is 14.6 Å². The van der Waals surface area contributed by atoms with Crippen LogP contribution in [0.5, 0.6) is 0 Å². The van der Waals surface area contributed by atoms with Gasteiger partial charge < -0.3 is 10.6 Å². The molecular weight excluding hydrogens is 333 g/mol. The number of halogens is 1. The quantitative estimate of drug-likeness (QED) is 0.763. The molecule has 0 saturated carbocycles. The average Bonchev–Trinajstić information content (AvgIpc) is 2.63. The molecule has 0 bridgehead atoms. The Morgan fingerprint density at radius 3 is 2.42 bits per heavy atom. The van der Waals surface area contributed by atoms with Crippen LogP contribution in [0.4, 0.5) is 4.39 Å². The van der Waals surface area contributed by atoms with Crippen molar-refractivity contribution in [2.45, 2.75) is 26.7 Å². The standard InChI is InChI=1S/C20H24FN3O2/c1-14(2)7-10-24-20(26)18-13-16(9-12-22-18)19(25)23-11-8-15-3-5-17(21)6-4-15/h3-6,9,12-14H,7-8,10-11H2,1-2H3,(H,23,25)(H,24,26). The highest BCUT2D eigenvalue weighted by Gasteiger charge is 2.11. The second-order valence-electron chi connectivity index (χ2n) is 6.50. The van der Waals surface area contributed by atoms with Gasteiger partial charge in [-0.25, -0.2) is 4.39 Å². The van der Waals surface area contributed by atoms with Gasteiger partial charge >= 0.3 is 0 Å². The van der Waals surface area contributed by atoms with Gasteiger partial charge in [-0.15, -0.1) is 0 Å². The van der Waals surface area contributed by atoms with Gasteiger partial charge in [0.1, 0.15) is 11.5 Å². The number of nitrogens with zero attached hydrogens (tertiary/aromatic N) is 1. The zero-order valence-electron chi connectivity index (χ0n) is 15.1. The van der Waals surface area contributed by atoms with Crippen LogP contribution in [0.2, 0.25) is 0 Å². The Kier molecular flexibility index (Phi) is 7.26. The second-order valence-corrected chi connectivity index (χ2v) is 6.50. The van der Waals surface area contributed by atoms with Crippen LogP contribution in [0.25, 0.3) is 0 Å². The summed E-state index contributed by atoms with van der Waals surface area (Å²) in [6, 6.07) is 9.21. The third-order valence-corrected chi connectivity index (χ3v) is 3.87. The average molecular weight is 357 g/mol. The van der Waals surface area contributed by atoms with Crippen molar-refractivity contribution >= 4 is 11.8 Å². The monoisotopic (exact) mass is 357 g/mol. The molecule has 2 rings (SSSR count). The molecule has 0 aliphatic rings. The van der Waals surface area contributed by atoms with Gasteiger partial charge in [-0.1, -0.05) is 26.0 Å². The van der Waals surface area contributed by atoms with E-state index in [4.69, 9.17) is 0 Å². The molecule has 1 aromatic carbocycles. The molecule has 0 unspecified atom stereocenters. The lowest BCUT2D eigenvalue weighted by Gasteiger charge is -2.08. The minimum Gasteiger partial charge on any atom is -0.352 e. The predicted octanol–water partition coefficient (Wildman–Crippen LogP) is 2.97. The Labute approximate surface area is 153 Å². The van der Waals surface area contributed by atoms with Crippen LogP contribution in [0.3, 0.4) is 0 Å². The third-order valence-electron chi connectivity index (χ3n) is 3.87. The van der Waals surface area contributed by atoms with Gasteiger partial charge in [-0.05, 0) is 48.6 Å². The van der Waals surface area contributed by atoms with Gasteiger partial charge in [-0.2, -0.15) is 0 Å². The molecule has 6 heteroatoms. The molecule has 2 N–H and O–H groups in total. The van der Waals surface area contributed by atoms with Crippen molar-refractivity contribution in [3.05, 3.63) is 65.2 Å². The van der Waals surface area contributed by atoms with Crippen molar-refractivity contribution in [1.82, 2.24) is 15.6 Å². The Hall–Kier alpha value is -2.76. The van der Waals surface area contributed by atoms with Gasteiger partial charge in [0.25, 0.3) is 11.8 Å². The molecule has 0 radical (unpaired) electrons. The maximum atomic E-state index is 12.9. The van der Waals surface area contributed by atoms with Crippen LogP contribution in [0, 0.1) is 11.7 Å². The van der Waals surface area contributed by atoms with Crippen LogP contribution in [0.15, 0.2) is 42.6 Å². The van der Waals surface area contributed by atoms with Crippen LogP contribution in [0.1, 0.15) is 46.7 Å². The van der Waals surface area contributed by atoms with Crippen LogP contribution < -0.4 is 10.6 Å². The first-order valence-electron chi connectivity index (χ1n) is 8.72. The summed E-state index contributed by atoms with van der Waals surface area (Å²) in [5, 5.41) is 5.60. The van der Waals surface area contributed by atoms with Crippen molar-refractivity contribution in [2.75, 3.05) is 13.1 Å². The molecule has 26 heavy (non-hydrogen) atoms. The van der Waals surface area contributed by atoms with Crippen molar-refractivity contribution in [3.8, 4) is 0 Å². The maximum Gasteiger partial charge on any atom is 0.269 e. The van der Waals surface area contributed by atoms with E-state index in [9.17, 15) is 14.0 Å². The summed E-state index contributed by atoms with van der Waals surface area (Å²) in [6.45, 7) is 5.16. The van der Waals surface area contributed by atoms with E-state index in [2.05, 4.69) is 29.5 Å². The molecule has 138 valence electrons. The number of hydrogen-bond acceptors (Lipinski definition) is 3.